The van der Waals surface area contributed by atoms with Crippen LogP contribution in [0.5, 0.6) is 0 Å². The van der Waals surface area contributed by atoms with Gasteiger partial charge in [-0.3, -0.25) is 0 Å². The van der Waals surface area contributed by atoms with Crippen LogP contribution in [0.1, 0.15) is 74.2 Å². The summed E-state index contributed by atoms with van der Waals surface area (Å²) in [6.07, 6.45) is 6.41. The first-order chi connectivity index (χ1) is 9.20. The van der Waals surface area contributed by atoms with Gasteiger partial charge in [-0.2, -0.15) is 14.9 Å². The lowest BCUT2D eigenvalue weighted by Crippen LogP contribution is -2.05. The highest BCUT2D eigenvalue weighted by molar-refractivity contribution is 7.16. The topological polar surface area (TPSA) is 54.0 Å². The molecule has 0 aliphatic heterocycles. The van der Waals surface area contributed by atoms with E-state index in [-0.39, 0.29) is 5.92 Å². The van der Waals surface area contributed by atoms with Gasteiger partial charge < -0.3 is 0 Å². The molecule has 1 fully saturated rings. The second-order valence-electron chi connectivity index (χ2n) is 5.58. The van der Waals surface area contributed by atoms with Crippen molar-refractivity contribution in [2.75, 3.05) is 0 Å². The van der Waals surface area contributed by atoms with E-state index in [0.717, 1.165) is 15.7 Å². The number of nitrogens with zero attached hydrogens (tertiary/aromatic N) is 4. The second-order valence-corrected chi connectivity index (χ2v) is 6.57. The Hall–Kier alpha value is -1.41. The van der Waals surface area contributed by atoms with Gasteiger partial charge >= 0.3 is 0 Å². The van der Waals surface area contributed by atoms with Gasteiger partial charge in [-0.15, -0.1) is 0 Å². The molecule has 0 saturated heterocycles. The fourth-order valence-electron chi connectivity index (χ4n) is 2.80. The van der Waals surface area contributed by atoms with Crippen molar-refractivity contribution in [3.63, 3.8) is 0 Å². The second kappa shape index (κ2) is 4.93. The van der Waals surface area contributed by atoms with Gasteiger partial charge in [-0.1, -0.05) is 44.4 Å². The third-order valence-electron chi connectivity index (χ3n) is 3.85. The zero-order valence-electron chi connectivity index (χ0n) is 11.4. The maximum absolute atomic E-state index is 9.33. The molecule has 1 saturated carbocycles. The average molecular weight is 274 g/mol. The van der Waals surface area contributed by atoms with Crippen LogP contribution in [-0.4, -0.2) is 14.6 Å². The quantitative estimate of drug-likeness (QED) is 0.836. The van der Waals surface area contributed by atoms with Crippen molar-refractivity contribution in [1.29, 1.82) is 5.26 Å². The first-order valence-corrected chi connectivity index (χ1v) is 7.81. The molecule has 4 nitrogen and oxygen atoms in total. The fraction of sp³-hybridized carbons (Fsp3) is 0.643. The van der Waals surface area contributed by atoms with Crippen LogP contribution in [0.3, 0.4) is 0 Å². The van der Waals surface area contributed by atoms with E-state index in [9.17, 15) is 5.26 Å². The highest BCUT2D eigenvalue weighted by atomic mass is 32.1. The first kappa shape index (κ1) is 12.6. The maximum atomic E-state index is 9.33. The van der Waals surface area contributed by atoms with Crippen LogP contribution in [0.25, 0.3) is 4.96 Å². The average Bonchev–Trinajstić information content (AvgIpc) is 2.96. The molecule has 0 spiro atoms. The third-order valence-corrected chi connectivity index (χ3v) is 4.92. The summed E-state index contributed by atoms with van der Waals surface area (Å²) in [4.78, 5) is 5.47. The molecule has 0 atom stereocenters. The van der Waals surface area contributed by atoms with Gasteiger partial charge in [0.15, 0.2) is 5.69 Å². The molecule has 0 radical (unpaired) electrons. The van der Waals surface area contributed by atoms with E-state index in [1.807, 2.05) is 0 Å². The molecule has 1 aliphatic carbocycles. The van der Waals surface area contributed by atoms with Gasteiger partial charge in [0.2, 0.25) is 4.96 Å². The maximum Gasteiger partial charge on any atom is 0.213 e. The molecule has 0 amide bonds. The van der Waals surface area contributed by atoms with E-state index < -0.39 is 0 Å². The standard InChI is InChI=1S/C14H18N4S/c1-9(2)12-11(8-15)18-14(16-12)19-13(17-18)10-6-4-3-5-7-10/h9-10H,3-7H2,1-2H3. The minimum atomic E-state index is 0.265. The Labute approximate surface area is 117 Å². The summed E-state index contributed by atoms with van der Waals surface area (Å²) in [6, 6.07) is 2.26. The summed E-state index contributed by atoms with van der Waals surface area (Å²) in [5.41, 5.74) is 1.49. The van der Waals surface area contributed by atoms with E-state index in [0.29, 0.717) is 11.6 Å². The van der Waals surface area contributed by atoms with E-state index >= 15 is 0 Å². The van der Waals surface area contributed by atoms with Crippen LogP contribution in [0.2, 0.25) is 0 Å². The van der Waals surface area contributed by atoms with Crippen LogP contribution in [0.15, 0.2) is 0 Å². The number of imidazole rings is 1. The molecule has 0 bridgehead atoms. The molecule has 100 valence electrons. The first-order valence-electron chi connectivity index (χ1n) is 7.00. The molecule has 0 aromatic carbocycles. The zero-order valence-corrected chi connectivity index (χ0v) is 12.2. The van der Waals surface area contributed by atoms with Crippen LogP contribution in [0, 0.1) is 11.3 Å². The Morgan fingerprint density at radius 3 is 2.68 bits per heavy atom. The lowest BCUT2D eigenvalue weighted by Gasteiger charge is -2.18. The van der Waals surface area contributed by atoms with E-state index in [2.05, 4.69) is 30.0 Å². The largest absolute Gasteiger partial charge is 0.221 e. The molecule has 1 aliphatic rings. The molecule has 3 rings (SSSR count). The Balaban J connectivity index is 2.02. The molecule has 2 aromatic rings. The van der Waals surface area contributed by atoms with Gasteiger partial charge in [0, 0.05) is 5.92 Å². The highest BCUT2D eigenvalue weighted by Gasteiger charge is 2.23. The van der Waals surface area contributed by atoms with Crippen molar-refractivity contribution in [1.82, 2.24) is 14.6 Å². The summed E-state index contributed by atoms with van der Waals surface area (Å²) in [5.74, 6) is 0.844. The minimum Gasteiger partial charge on any atom is -0.221 e. The Kier molecular flexibility index (Phi) is 3.28. The molecular formula is C14H18N4S. The van der Waals surface area contributed by atoms with E-state index in [1.165, 1.54) is 32.1 Å². The number of hydrogen-bond donors (Lipinski definition) is 0. The van der Waals surface area contributed by atoms with Crippen LogP contribution in [-0.2, 0) is 0 Å². The summed E-state index contributed by atoms with van der Waals surface area (Å²) >= 11 is 1.66. The lowest BCUT2D eigenvalue weighted by molar-refractivity contribution is 0.439. The molecule has 19 heavy (non-hydrogen) atoms. The van der Waals surface area contributed by atoms with Gasteiger partial charge in [-0.05, 0) is 18.8 Å². The number of rotatable bonds is 2. The number of aromatic nitrogens is 3. The zero-order chi connectivity index (χ0) is 13.4. The van der Waals surface area contributed by atoms with Gasteiger partial charge in [0.05, 0.1) is 5.69 Å². The number of fused-ring (bicyclic) bond motifs is 1. The van der Waals surface area contributed by atoms with Crippen molar-refractivity contribution in [3.05, 3.63) is 16.4 Å². The predicted molar refractivity (Wildman–Crippen MR) is 75.5 cm³/mol. The summed E-state index contributed by atoms with van der Waals surface area (Å²) in [6.45, 7) is 4.13. The third kappa shape index (κ3) is 2.14. The Bertz CT molecular complexity index is 626. The molecule has 2 heterocycles. The minimum absolute atomic E-state index is 0.265. The van der Waals surface area contributed by atoms with Crippen molar-refractivity contribution < 1.29 is 0 Å². The fourth-order valence-corrected chi connectivity index (χ4v) is 3.87. The summed E-state index contributed by atoms with van der Waals surface area (Å²) < 4.78 is 1.75. The number of nitriles is 1. The molecule has 0 unspecified atom stereocenters. The molecular weight excluding hydrogens is 256 g/mol. The Morgan fingerprint density at radius 1 is 1.32 bits per heavy atom. The van der Waals surface area contributed by atoms with E-state index in [4.69, 9.17) is 0 Å². The van der Waals surface area contributed by atoms with Gasteiger partial charge in [-0.25, -0.2) is 4.98 Å². The van der Waals surface area contributed by atoms with Crippen molar-refractivity contribution in [2.24, 2.45) is 0 Å². The van der Waals surface area contributed by atoms with Gasteiger partial charge in [0.1, 0.15) is 11.1 Å². The van der Waals surface area contributed by atoms with Gasteiger partial charge in [0.25, 0.3) is 0 Å². The van der Waals surface area contributed by atoms with E-state index in [1.54, 1.807) is 15.9 Å². The summed E-state index contributed by atoms with van der Waals surface area (Å²) in [7, 11) is 0. The molecule has 5 heteroatoms. The van der Waals surface area contributed by atoms with Crippen molar-refractivity contribution in [3.8, 4) is 6.07 Å². The summed E-state index contributed by atoms with van der Waals surface area (Å²) in [5, 5.41) is 15.1. The monoisotopic (exact) mass is 274 g/mol. The van der Waals surface area contributed by atoms with Crippen molar-refractivity contribution in [2.45, 2.75) is 57.8 Å². The molecule has 0 N–H and O–H groups in total. The molecule has 2 aromatic heterocycles. The lowest BCUT2D eigenvalue weighted by atomic mass is 9.90. The number of hydrogen-bond acceptors (Lipinski definition) is 4. The SMILES string of the molecule is CC(C)c1nc2sc(C3CCCCC3)nn2c1C#N. The van der Waals surface area contributed by atoms with Crippen LogP contribution >= 0.6 is 11.3 Å². The normalized spacial score (nSPS) is 17.2. The predicted octanol–water partition coefficient (Wildman–Crippen LogP) is 3.83. The smallest absolute Gasteiger partial charge is 0.213 e. The van der Waals surface area contributed by atoms with Crippen LogP contribution < -0.4 is 0 Å². The highest BCUT2D eigenvalue weighted by Crippen LogP contribution is 2.35. The Morgan fingerprint density at radius 2 is 2.05 bits per heavy atom. The van der Waals surface area contributed by atoms with Crippen LogP contribution in [0.4, 0.5) is 0 Å². The van der Waals surface area contributed by atoms with Crippen molar-refractivity contribution >= 4 is 16.3 Å².